The highest BCUT2D eigenvalue weighted by Crippen LogP contribution is 2.57. The van der Waals surface area contributed by atoms with Crippen LogP contribution in [0.25, 0.3) is 23.4 Å². The topological polar surface area (TPSA) is 39.1 Å². The van der Waals surface area contributed by atoms with Crippen LogP contribution in [0.5, 0.6) is 0 Å². The van der Waals surface area contributed by atoms with Gasteiger partial charge in [-0.3, -0.25) is 0 Å². The highest BCUT2D eigenvalue weighted by Gasteiger charge is 2.45. The van der Waals surface area contributed by atoms with Gasteiger partial charge in [0.1, 0.15) is 7.14 Å². The Balaban J connectivity index is 1.21. The molecule has 4 atom stereocenters. The molecule has 1 aliphatic heterocycles. The Hall–Kier alpha value is -6.24. The zero-order chi connectivity index (χ0) is 44.1. The molecule has 3 nitrogen and oxygen atoms in total. The number of fused-ring (bicyclic) bond motifs is 5. The Labute approximate surface area is 378 Å². The van der Waals surface area contributed by atoms with E-state index in [1.54, 1.807) is 0 Å². The maximum Gasteiger partial charge on any atom is 0.171 e. The van der Waals surface area contributed by atoms with Gasteiger partial charge >= 0.3 is 0 Å². The first kappa shape index (κ1) is 41.8. The highest BCUT2D eigenvalue weighted by molar-refractivity contribution is 7.85. The summed E-state index contributed by atoms with van der Waals surface area (Å²) in [5.74, 6) is 0.375. The van der Waals surface area contributed by atoms with Crippen molar-refractivity contribution in [1.29, 1.82) is 0 Å². The quantitative estimate of drug-likeness (QED) is 0.136. The van der Waals surface area contributed by atoms with Gasteiger partial charge in [-0.15, -0.1) is 0 Å². The first-order valence-electron chi connectivity index (χ1n) is 22.5. The Kier molecular flexibility index (Phi) is 10.9. The van der Waals surface area contributed by atoms with Crippen LogP contribution in [-0.2, 0) is 20.7 Å². The lowest BCUT2D eigenvalue weighted by molar-refractivity contribution is 0.578. The molecule has 64 heavy (non-hydrogen) atoms. The van der Waals surface area contributed by atoms with Gasteiger partial charge in [0.25, 0.3) is 0 Å². The summed E-state index contributed by atoms with van der Waals surface area (Å²) >= 11 is 0. The molecule has 3 aliphatic rings. The summed E-state index contributed by atoms with van der Waals surface area (Å²) < 4.78 is 33.8. The van der Waals surface area contributed by atoms with Gasteiger partial charge in [-0.2, -0.15) is 0 Å². The predicted molar refractivity (Wildman–Crippen MR) is 272 cm³/mol. The molecule has 0 amide bonds. The van der Waals surface area contributed by atoms with Crippen molar-refractivity contribution in [2.24, 2.45) is 0 Å². The van der Waals surface area contributed by atoms with Gasteiger partial charge in [0.2, 0.25) is 0 Å². The van der Waals surface area contributed by atoms with Crippen molar-refractivity contribution in [3.05, 3.63) is 250 Å². The summed E-state index contributed by atoms with van der Waals surface area (Å²) in [4.78, 5) is 0. The molecule has 0 N–H and O–H groups in total. The molecule has 2 heterocycles. The number of hydrogen-bond acceptors (Lipinski definition) is 2. The predicted octanol–water partition coefficient (Wildman–Crippen LogP) is 11.6. The molecule has 4 unspecified atom stereocenters. The molecule has 0 saturated carbocycles. The summed E-state index contributed by atoms with van der Waals surface area (Å²) in [5, 5.41) is 5.82. The molecule has 0 spiro atoms. The van der Waals surface area contributed by atoms with E-state index in [0.29, 0.717) is 12.1 Å². The first-order chi connectivity index (χ1) is 31.2. The first-order valence-corrected chi connectivity index (χ1v) is 26.1. The fourth-order valence-corrected chi connectivity index (χ4v) is 16.9. The van der Waals surface area contributed by atoms with Crippen LogP contribution in [0.15, 0.2) is 206 Å². The molecule has 316 valence electrons. The maximum atomic E-state index is 15.7. The minimum Gasteiger partial charge on any atom is -0.317 e. The Morgan fingerprint density at radius 3 is 1.84 bits per heavy atom. The van der Waals surface area contributed by atoms with E-state index in [0.717, 1.165) is 55.6 Å². The van der Waals surface area contributed by atoms with Crippen LogP contribution in [0.4, 0.5) is 0 Å². The third-order valence-electron chi connectivity index (χ3n) is 14.0. The Bertz CT molecular complexity index is 3200. The summed E-state index contributed by atoms with van der Waals surface area (Å²) in [6.45, 7) is 8.94. The molecule has 0 fully saturated rings. The average molecular weight is 870 g/mol. The van der Waals surface area contributed by atoms with E-state index >= 15 is 9.13 Å². The molecule has 6 aromatic carbocycles. The van der Waals surface area contributed by atoms with Gasteiger partial charge < -0.3 is 13.7 Å². The second-order valence-corrected chi connectivity index (χ2v) is 23.3. The number of hydrogen-bond donors (Lipinski definition) is 0. The lowest BCUT2D eigenvalue weighted by Gasteiger charge is -2.41. The summed E-state index contributed by atoms with van der Waals surface area (Å²) in [6.07, 6.45) is 18.7. The standard InChI is InChI=1S/C59H53NO2P2/c1-5-52-57-43(3)22-20-31-55(57)60-54-30-19-18-29-53(54)59(44(4)58(52)60,47-37-39-51(40-38-47)64(62,49-25-13-8-14-26-49)50-27-15-9-16-28-50)46-35-33-45(34-36-46)41-63(61,48-23-11-7-12-24-48)56-32-17-6-10-21-42(56)2/h5-21,23-40,43,56H,22,41H2,1-4H3/b52-5-. The van der Waals surface area contributed by atoms with Crippen LogP contribution in [0.3, 0.4) is 0 Å². The van der Waals surface area contributed by atoms with E-state index in [4.69, 9.17) is 0 Å². The second kappa shape index (κ2) is 16.7. The largest absolute Gasteiger partial charge is 0.317 e. The van der Waals surface area contributed by atoms with Crippen molar-refractivity contribution in [3.8, 4) is 5.69 Å². The van der Waals surface area contributed by atoms with E-state index in [-0.39, 0.29) is 5.66 Å². The van der Waals surface area contributed by atoms with Gasteiger partial charge in [0.15, 0.2) is 7.14 Å². The van der Waals surface area contributed by atoms with Crippen LogP contribution in [0.1, 0.15) is 73.5 Å². The fourth-order valence-electron chi connectivity index (χ4n) is 11.0. The van der Waals surface area contributed by atoms with Gasteiger partial charge in [0.05, 0.1) is 22.1 Å². The van der Waals surface area contributed by atoms with E-state index < -0.39 is 19.7 Å². The molecular formula is C59H53NO2P2. The van der Waals surface area contributed by atoms with Crippen molar-refractivity contribution in [2.45, 2.75) is 57.3 Å². The van der Waals surface area contributed by atoms with Crippen molar-refractivity contribution < 1.29 is 9.13 Å². The Morgan fingerprint density at radius 1 is 0.656 bits per heavy atom. The molecule has 1 aromatic heterocycles. The number of nitrogens with zero attached hydrogens (tertiary/aromatic N) is 1. The molecule has 0 radical (unpaired) electrons. The third-order valence-corrected chi connectivity index (χ3v) is 20.6. The van der Waals surface area contributed by atoms with Gasteiger partial charge in [-0.05, 0) is 83.9 Å². The lowest BCUT2D eigenvalue weighted by atomic mass is 9.63. The third kappa shape index (κ3) is 6.55. The van der Waals surface area contributed by atoms with Crippen LogP contribution < -0.4 is 31.8 Å². The van der Waals surface area contributed by atoms with Gasteiger partial charge in [-0.1, -0.05) is 213 Å². The van der Waals surface area contributed by atoms with E-state index in [1.165, 1.54) is 33.0 Å². The molecular weight excluding hydrogens is 817 g/mol. The SMILES string of the molecule is C/C=c1/c2c(n3c1=C(C)C(c1ccc(CP(=O)(c4ccccc4)C4C=CC=CC=C4C)cc1)(c1ccc(P(=O)(c4ccccc4)c4ccccc4)cc1)c1ccccc1-3)C=CCC2C. The van der Waals surface area contributed by atoms with E-state index in [9.17, 15) is 0 Å². The van der Waals surface area contributed by atoms with Crippen LogP contribution in [-0.4, -0.2) is 10.2 Å². The summed E-state index contributed by atoms with van der Waals surface area (Å²) in [6, 6.07) is 56.4. The van der Waals surface area contributed by atoms with E-state index in [2.05, 4.69) is 135 Å². The summed E-state index contributed by atoms with van der Waals surface area (Å²) in [5.41, 5.74) is 9.65. The lowest BCUT2D eigenvalue weighted by Crippen LogP contribution is -2.45. The number of allylic oxidation sites excluding steroid dienone is 7. The highest BCUT2D eigenvalue weighted by atomic mass is 31.2. The zero-order valence-electron chi connectivity index (χ0n) is 36.9. The smallest absolute Gasteiger partial charge is 0.171 e. The fraction of sp³-hybridized carbons (Fsp3) is 0.153. The summed E-state index contributed by atoms with van der Waals surface area (Å²) in [7, 11) is -6.24. The average Bonchev–Trinajstić information content (AvgIpc) is 3.54. The van der Waals surface area contributed by atoms with Gasteiger partial charge in [0, 0.05) is 33.1 Å². The number of rotatable bonds is 9. The van der Waals surface area contributed by atoms with Gasteiger partial charge in [-0.25, -0.2) is 0 Å². The zero-order valence-corrected chi connectivity index (χ0v) is 38.7. The van der Waals surface area contributed by atoms with Crippen molar-refractivity contribution in [1.82, 2.24) is 4.57 Å². The van der Waals surface area contributed by atoms with Crippen LogP contribution >= 0.6 is 14.3 Å². The van der Waals surface area contributed by atoms with Crippen molar-refractivity contribution >= 4 is 53.2 Å². The van der Waals surface area contributed by atoms with Crippen molar-refractivity contribution in [3.63, 3.8) is 0 Å². The molecule has 10 rings (SSSR count). The monoisotopic (exact) mass is 869 g/mol. The Morgan fingerprint density at radius 2 is 1.22 bits per heavy atom. The second-order valence-electron chi connectivity index (χ2n) is 17.6. The van der Waals surface area contributed by atoms with Crippen LogP contribution in [0, 0.1) is 0 Å². The number of para-hydroxylation sites is 1. The van der Waals surface area contributed by atoms with Crippen molar-refractivity contribution in [2.75, 3.05) is 0 Å². The maximum absolute atomic E-state index is 15.7. The minimum atomic E-state index is -3.22. The number of aromatic nitrogens is 1. The molecule has 0 saturated heterocycles. The van der Waals surface area contributed by atoms with E-state index in [1.807, 2.05) is 109 Å². The molecule has 7 aromatic rings. The molecule has 5 heteroatoms. The minimum absolute atomic E-state index is 0.211. The number of benzene rings is 6. The van der Waals surface area contributed by atoms with Crippen LogP contribution in [0.2, 0.25) is 0 Å². The normalized spacial score (nSPS) is 20.2. The molecule has 2 aliphatic carbocycles. The molecule has 0 bridgehead atoms.